The van der Waals surface area contributed by atoms with E-state index in [2.05, 4.69) is 5.32 Å². The Balaban J connectivity index is 1.92. The molecule has 1 aliphatic rings. The standard InChI is InChI=1S/C13H17Cl2NOS/c14-10-2-1-3-11(15)13(10)12(17)8-16-9-4-6-18-7-5-9/h1-3,9,12,16-17H,4-8H2. The molecule has 0 amide bonds. The summed E-state index contributed by atoms with van der Waals surface area (Å²) >= 11 is 14.1. The molecule has 1 heterocycles. The van der Waals surface area contributed by atoms with Crippen molar-refractivity contribution in [2.75, 3.05) is 18.1 Å². The normalized spacial score (nSPS) is 18.8. The molecule has 1 aromatic carbocycles. The predicted molar refractivity (Wildman–Crippen MR) is 79.8 cm³/mol. The van der Waals surface area contributed by atoms with Crippen LogP contribution in [-0.2, 0) is 0 Å². The Hall–Kier alpha value is 0.0700. The highest BCUT2D eigenvalue weighted by molar-refractivity contribution is 7.99. The minimum absolute atomic E-state index is 0.499. The van der Waals surface area contributed by atoms with Crippen LogP contribution in [0.15, 0.2) is 18.2 Å². The Kier molecular flexibility index (Phi) is 5.64. The first-order valence-corrected chi connectivity index (χ1v) is 8.02. The van der Waals surface area contributed by atoms with Crippen LogP contribution >= 0.6 is 35.0 Å². The molecule has 1 aliphatic heterocycles. The van der Waals surface area contributed by atoms with E-state index in [9.17, 15) is 5.11 Å². The molecule has 1 atom stereocenters. The second-order valence-corrected chi connectivity index (χ2v) is 6.49. The molecule has 0 aliphatic carbocycles. The van der Waals surface area contributed by atoms with Gasteiger partial charge in [-0.15, -0.1) is 0 Å². The monoisotopic (exact) mass is 305 g/mol. The molecule has 5 heteroatoms. The summed E-state index contributed by atoms with van der Waals surface area (Å²) in [6.07, 6.45) is 1.67. The SMILES string of the molecule is OC(CNC1CCSCC1)c1c(Cl)cccc1Cl. The molecule has 0 spiro atoms. The summed E-state index contributed by atoms with van der Waals surface area (Å²) in [7, 11) is 0. The molecule has 0 bridgehead atoms. The van der Waals surface area contributed by atoms with Gasteiger partial charge < -0.3 is 10.4 Å². The fraction of sp³-hybridized carbons (Fsp3) is 0.538. The molecule has 18 heavy (non-hydrogen) atoms. The quantitative estimate of drug-likeness (QED) is 0.893. The second-order valence-electron chi connectivity index (χ2n) is 4.45. The summed E-state index contributed by atoms with van der Waals surface area (Å²) in [4.78, 5) is 0. The first-order chi connectivity index (χ1) is 8.68. The number of benzene rings is 1. The summed E-state index contributed by atoms with van der Waals surface area (Å²) in [5, 5.41) is 14.6. The maximum absolute atomic E-state index is 10.2. The third-order valence-electron chi connectivity index (χ3n) is 3.15. The van der Waals surface area contributed by atoms with E-state index in [0.29, 0.717) is 28.2 Å². The topological polar surface area (TPSA) is 32.3 Å². The van der Waals surface area contributed by atoms with Gasteiger partial charge in [0.15, 0.2) is 0 Å². The van der Waals surface area contributed by atoms with Crippen molar-refractivity contribution in [1.29, 1.82) is 0 Å². The van der Waals surface area contributed by atoms with Gasteiger partial charge in [-0.2, -0.15) is 11.8 Å². The van der Waals surface area contributed by atoms with Gasteiger partial charge in [0.1, 0.15) is 0 Å². The molecule has 1 fully saturated rings. The largest absolute Gasteiger partial charge is 0.387 e. The molecular weight excluding hydrogens is 289 g/mol. The molecule has 100 valence electrons. The lowest BCUT2D eigenvalue weighted by molar-refractivity contribution is 0.169. The van der Waals surface area contributed by atoms with Crippen LogP contribution in [-0.4, -0.2) is 29.2 Å². The Bertz CT molecular complexity index is 376. The minimum Gasteiger partial charge on any atom is -0.387 e. The van der Waals surface area contributed by atoms with E-state index in [-0.39, 0.29) is 0 Å². The Morgan fingerprint density at radius 2 is 1.89 bits per heavy atom. The molecular formula is C13H17Cl2NOS. The van der Waals surface area contributed by atoms with Crippen LogP contribution in [0.1, 0.15) is 24.5 Å². The maximum atomic E-state index is 10.2. The number of halogens is 2. The number of rotatable bonds is 4. The van der Waals surface area contributed by atoms with Gasteiger partial charge in [0.05, 0.1) is 6.10 Å². The molecule has 0 radical (unpaired) electrons. The van der Waals surface area contributed by atoms with E-state index in [0.717, 1.165) is 12.8 Å². The average Bonchev–Trinajstić information content (AvgIpc) is 2.37. The van der Waals surface area contributed by atoms with Crippen molar-refractivity contribution in [3.05, 3.63) is 33.8 Å². The molecule has 1 unspecified atom stereocenters. The van der Waals surface area contributed by atoms with Gasteiger partial charge in [-0.1, -0.05) is 29.3 Å². The summed E-state index contributed by atoms with van der Waals surface area (Å²) in [5.41, 5.74) is 0.624. The van der Waals surface area contributed by atoms with Crippen molar-refractivity contribution in [3.63, 3.8) is 0 Å². The summed E-state index contributed by atoms with van der Waals surface area (Å²) < 4.78 is 0. The fourth-order valence-corrected chi connectivity index (χ4v) is 3.87. The predicted octanol–water partition coefficient (Wildman–Crippen LogP) is 3.51. The van der Waals surface area contributed by atoms with E-state index in [1.165, 1.54) is 11.5 Å². The third-order valence-corrected chi connectivity index (χ3v) is 4.86. The van der Waals surface area contributed by atoms with Crippen molar-refractivity contribution in [2.45, 2.75) is 25.0 Å². The van der Waals surface area contributed by atoms with Crippen LogP contribution in [0.4, 0.5) is 0 Å². The Morgan fingerprint density at radius 3 is 2.50 bits per heavy atom. The van der Waals surface area contributed by atoms with E-state index < -0.39 is 6.10 Å². The van der Waals surface area contributed by atoms with E-state index in [1.54, 1.807) is 18.2 Å². The van der Waals surface area contributed by atoms with Crippen LogP contribution in [0.25, 0.3) is 0 Å². The number of thioether (sulfide) groups is 1. The van der Waals surface area contributed by atoms with Crippen LogP contribution < -0.4 is 5.32 Å². The van der Waals surface area contributed by atoms with Crippen LogP contribution in [0.5, 0.6) is 0 Å². The van der Waals surface area contributed by atoms with Gasteiger partial charge >= 0.3 is 0 Å². The van der Waals surface area contributed by atoms with Gasteiger partial charge in [0, 0.05) is 28.2 Å². The lowest BCUT2D eigenvalue weighted by Crippen LogP contribution is -2.35. The number of hydrogen-bond acceptors (Lipinski definition) is 3. The van der Waals surface area contributed by atoms with E-state index in [4.69, 9.17) is 23.2 Å². The first kappa shape index (κ1) is 14.5. The number of aliphatic hydroxyl groups is 1. The lowest BCUT2D eigenvalue weighted by atomic mass is 10.1. The van der Waals surface area contributed by atoms with Crippen molar-refractivity contribution in [3.8, 4) is 0 Å². The highest BCUT2D eigenvalue weighted by Crippen LogP contribution is 2.30. The van der Waals surface area contributed by atoms with Crippen molar-refractivity contribution < 1.29 is 5.11 Å². The van der Waals surface area contributed by atoms with Gasteiger partial charge in [-0.3, -0.25) is 0 Å². The number of hydrogen-bond donors (Lipinski definition) is 2. The second kappa shape index (κ2) is 7.01. The highest BCUT2D eigenvalue weighted by Gasteiger charge is 2.18. The van der Waals surface area contributed by atoms with Crippen LogP contribution in [0.3, 0.4) is 0 Å². The van der Waals surface area contributed by atoms with E-state index in [1.807, 2.05) is 11.8 Å². The Morgan fingerprint density at radius 1 is 1.28 bits per heavy atom. The molecule has 2 rings (SSSR count). The molecule has 0 saturated carbocycles. The van der Waals surface area contributed by atoms with Crippen LogP contribution in [0, 0.1) is 0 Å². The zero-order chi connectivity index (χ0) is 13.0. The smallest absolute Gasteiger partial charge is 0.0943 e. The van der Waals surface area contributed by atoms with Crippen molar-refractivity contribution >= 4 is 35.0 Å². The zero-order valence-corrected chi connectivity index (χ0v) is 12.4. The maximum Gasteiger partial charge on any atom is 0.0943 e. The zero-order valence-electron chi connectivity index (χ0n) is 10.0. The van der Waals surface area contributed by atoms with Crippen molar-refractivity contribution in [2.24, 2.45) is 0 Å². The van der Waals surface area contributed by atoms with E-state index >= 15 is 0 Å². The van der Waals surface area contributed by atoms with Crippen molar-refractivity contribution in [1.82, 2.24) is 5.32 Å². The lowest BCUT2D eigenvalue weighted by Gasteiger charge is -2.24. The van der Waals surface area contributed by atoms with Crippen LogP contribution in [0.2, 0.25) is 10.0 Å². The summed E-state index contributed by atoms with van der Waals surface area (Å²) in [6, 6.07) is 5.79. The molecule has 1 aromatic rings. The molecule has 0 aromatic heterocycles. The number of aliphatic hydroxyl groups excluding tert-OH is 1. The Labute approximate surface area is 122 Å². The van der Waals surface area contributed by atoms with Gasteiger partial charge in [-0.25, -0.2) is 0 Å². The molecule has 2 N–H and O–H groups in total. The minimum atomic E-state index is -0.652. The summed E-state index contributed by atoms with van der Waals surface area (Å²) in [5.74, 6) is 2.39. The first-order valence-electron chi connectivity index (χ1n) is 6.11. The highest BCUT2D eigenvalue weighted by atomic mass is 35.5. The molecule has 1 saturated heterocycles. The fourth-order valence-electron chi connectivity index (χ4n) is 2.11. The molecule has 2 nitrogen and oxygen atoms in total. The van der Waals surface area contributed by atoms with Gasteiger partial charge in [-0.05, 0) is 36.5 Å². The van der Waals surface area contributed by atoms with Gasteiger partial charge in [0.25, 0.3) is 0 Å². The number of nitrogens with one attached hydrogen (secondary N) is 1. The summed E-state index contributed by atoms with van der Waals surface area (Å²) in [6.45, 7) is 0.499. The average molecular weight is 306 g/mol. The third kappa shape index (κ3) is 3.78. The van der Waals surface area contributed by atoms with Gasteiger partial charge in [0.2, 0.25) is 0 Å².